The Labute approximate surface area is 70.9 Å². The molecule has 0 aliphatic rings. The third-order valence-electron chi connectivity index (χ3n) is 1.59. The molecule has 0 atom stereocenters. The number of nitrogens with zero attached hydrogens (tertiary/aromatic N) is 1. The van der Waals surface area contributed by atoms with Gasteiger partial charge in [-0.1, -0.05) is 0 Å². The van der Waals surface area contributed by atoms with Gasteiger partial charge in [0.05, 0.1) is 12.2 Å². The number of carbonyl (C=O) groups excluding carboxylic acids is 1. The second kappa shape index (κ2) is 3.92. The van der Waals surface area contributed by atoms with Gasteiger partial charge in [-0.3, -0.25) is 4.79 Å². The molecule has 1 aromatic heterocycles. The minimum atomic E-state index is -0.397. The molecule has 1 rings (SSSR count). The van der Waals surface area contributed by atoms with Crippen molar-refractivity contribution < 1.29 is 9.53 Å². The summed E-state index contributed by atoms with van der Waals surface area (Å²) < 4.78 is 6.74. The number of hydrogen-bond donors (Lipinski definition) is 1. The Balaban J connectivity index is 2.58. The summed E-state index contributed by atoms with van der Waals surface area (Å²) in [5.41, 5.74) is 5.61. The highest BCUT2D eigenvalue weighted by Gasteiger charge is 2.00. The highest BCUT2D eigenvalue weighted by molar-refractivity contribution is 5.92. The molecular formula is C8H12N2O2. The third-order valence-corrected chi connectivity index (χ3v) is 1.59. The van der Waals surface area contributed by atoms with Gasteiger partial charge in [-0.05, 0) is 6.07 Å². The topological polar surface area (TPSA) is 57.2 Å². The Morgan fingerprint density at radius 1 is 1.75 bits per heavy atom. The Bertz CT molecular complexity index is 268. The molecule has 0 radical (unpaired) electrons. The highest BCUT2D eigenvalue weighted by Crippen LogP contribution is 1.99. The number of methoxy groups -OCH3 is 1. The van der Waals surface area contributed by atoms with Crippen LogP contribution in [0, 0.1) is 0 Å². The Morgan fingerprint density at radius 3 is 3.00 bits per heavy atom. The molecule has 1 heterocycles. The van der Waals surface area contributed by atoms with Gasteiger partial charge in [0.25, 0.3) is 0 Å². The van der Waals surface area contributed by atoms with Crippen molar-refractivity contribution in [2.45, 2.75) is 6.54 Å². The molecule has 0 unspecified atom stereocenters. The van der Waals surface area contributed by atoms with Gasteiger partial charge in [0, 0.05) is 26.0 Å². The molecule has 0 fully saturated rings. The van der Waals surface area contributed by atoms with Crippen molar-refractivity contribution in [2.24, 2.45) is 5.73 Å². The lowest BCUT2D eigenvalue weighted by atomic mass is 10.3. The Morgan fingerprint density at radius 2 is 2.50 bits per heavy atom. The lowest BCUT2D eigenvalue weighted by Crippen LogP contribution is -2.10. The second-order valence-electron chi connectivity index (χ2n) is 2.50. The summed E-state index contributed by atoms with van der Waals surface area (Å²) in [6.07, 6.45) is 3.51. The number of nitrogens with two attached hydrogens (primary N) is 1. The summed E-state index contributed by atoms with van der Waals surface area (Å²) in [7, 11) is 1.64. The van der Waals surface area contributed by atoms with Crippen LogP contribution < -0.4 is 5.73 Å². The van der Waals surface area contributed by atoms with Crippen molar-refractivity contribution in [1.82, 2.24) is 4.57 Å². The molecule has 1 amide bonds. The second-order valence-corrected chi connectivity index (χ2v) is 2.50. The fourth-order valence-corrected chi connectivity index (χ4v) is 0.922. The number of primary amides is 1. The number of carbonyl (C=O) groups is 1. The van der Waals surface area contributed by atoms with Crippen LogP contribution in [0.5, 0.6) is 0 Å². The molecule has 0 saturated carbocycles. The Hall–Kier alpha value is -1.29. The van der Waals surface area contributed by atoms with Crippen LogP contribution in [0.3, 0.4) is 0 Å². The summed E-state index contributed by atoms with van der Waals surface area (Å²) in [6, 6.07) is 1.69. The van der Waals surface area contributed by atoms with E-state index in [1.165, 1.54) is 0 Å². The maximum Gasteiger partial charge on any atom is 0.250 e. The quantitative estimate of drug-likeness (QED) is 0.699. The van der Waals surface area contributed by atoms with E-state index in [1.54, 1.807) is 25.6 Å². The SMILES string of the molecule is COCCn1ccc(C(N)=O)c1. The van der Waals surface area contributed by atoms with Gasteiger partial charge >= 0.3 is 0 Å². The average Bonchev–Trinajstić information content (AvgIpc) is 2.48. The van der Waals surface area contributed by atoms with Crippen LogP contribution in [0.15, 0.2) is 18.5 Å². The van der Waals surface area contributed by atoms with E-state index in [9.17, 15) is 4.79 Å². The first-order chi connectivity index (χ1) is 5.74. The van der Waals surface area contributed by atoms with E-state index in [0.29, 0.717) is 12.2 Å². The standard InChI is InChI=1S/C8H12N2O2/c1-12-5-4-10-3-2-7(6-10)8(9)11/h2-3,6H,4-5H2,1H3,(H2,9,11). The highest BCUT2D eigenvalue weighted by atomic mass is 16.5. The molecule has 1 aromatic rings. The van der Waals surface area contributed by atoms with E-state index in [4.69, 9.17) is 10.5 Å². The van der Waals surface area contributed by atoms with Crippen LogP contribution in [0.25, 0.3) is 0 Å². The van der Waals surface area contributed by atoms with E-state index >= 15 is 0 Å². The third kappa shape index (κ3) is 2.10. The van der Waals surface area contributed by atoms with Crippen LogP contribution in [-0.2, 0) is 11.3 Å². The van der Waals surface area contributed by atoms with Crippen molar-refractivity contribution in [1.29, 1.82) is 0 Å². The summed E-state index contributed by atoms with van der Waals surface area (Å²) in [4.78, 5) is 10.7. The number of hydrogen-bond acceptors (Lipinski definition) is 2. The zero-order valence-electron chi connectivity index (χ0n) is 6.99. The van der Waals surface area contributed by atoms with Crippen LogP contribution >= 0.6 is 0 Å². The van der Waals surface area contributed by atoms with E-state index in [-0.39, 0.29) is 0 Å². The molecule has 4 heteroatoms. The molecule has 2 N–H and O–H groups in total. The van der Waals surface area contributed by atoms with Gasteiger partial charge in [0.15, 0.2) is 0 Å². The number of amides is 1. The molecule has 0 saturated heterocycles. The summed E-state index contributed by atoms with van der Waals surface area (Å²) in [5, 5.41) is 0. The van der Waals surface area contributed by atoms with Crippen molar-refractivity contribution >= 4 is 5.91 Å². The van der Waals surface area contributed by atoms with E-state index in [1.807, 2.05) is 4.57 Å². The molecule has 12 heavy (non-hydrogen) atoms. The molecule has 4 nitrogen and oxygen atoms in total. The largest absolute Gasteiger partial charge is 0.383 e. The van der Waals surface area contributed by atoms with Gasteiger partial charge in [0.1, 0.15) is 0 Å². The number of rotatable bonds is 4. The average molecular weight is 168 g/mol. The molecular weight excluding hydrogens is 156 g/mol. The normalized spacial score (nSPS) is 10.1. The smallest absolute Gasteiger partial charge is 0.250 e. The maximum absolute atomic E-state index is 10.7. The first-order valence-corrected chi connectivity index (χ1v) is 3.68. The zero-order valence-corrected chi connectivity index (χ0v) is 6.99. The first kappa shape index (κ1) is 8.80. The molecule has 0 aliphatic heterocycles. The number of aromatic nitrogens is 1. The van der Waals surface area contributed by atoms with Gasteiger partial charge in [0.2, 0.25) is 5.91 Å². The minimum absolute atomic E-state index is 0.397. The van der Waals surface area contributed by atoms with Crippen molar-refractivity contribution in [3.05, 3.63) is 24.0 Å². The van der Waals surface area contributed by atoms with Gasteiger partial charge in [-0.2, -0.15) is 0 Å². The fourth-order valence-electron chi connectivity index (χ4n) is 0.922. The van der Waals surface area contributed by atoms with Crippen molar-refractivity contribution in [3.8, 4) is 0 Å². The summed E-state index contributed by atoms with van der Waals surface area (Å²) >= 11 is 0. The van der Waals surface area contributed by atoms with Gasteiger partial charge in [-0.15, -0.1) is 0 Å². The minimum Gasteiger partial charge on any atom is -0.383 e. The van der Waals surface area contributed by atoms with E-state index < -0.39 is 5.91 Å². The van der Waals surface area contributed by atoms with Crippen LogP contribution in [0.4, 0.5) is 0 Å². The van der Waals surface area contributed by atoms with Crippen LogP contribution in [0.2, 0.25) is 0 Å². The molecule has 0 spiro atoms. The summed E-state index contributed by atoms with van der Waals surface area (Å²) in [5.74, 6) is -0.397. The zero-order chi connectivity index (χ0) is 8.97. The van der Waals surface area contributed by atoms with E-state index in [0.717, 1.165) is 6.54 Å². The predicted molar refractivity (Wildman–Crippen MR) is 44.8 cm³/mol. The predicted octanol–water partition coefficient (Wildman–Crippen LogP) is 0.233. The monoisotopic (exact) mass is 168 g/mol. The van der Waals surface area contributed by atoms with Crippen molar-refractivity contribution in [2.75, 3.05) is 13.7 Å². The van der Waals surface area contributed by atoms with E-state index in [2.05, 4.69) is 0 Å². The first-order valence-electron chi connectivity index (χ1n) is 3.68. The lowest BCUT2D eigenvalue weighted by molar-refractivity contribution is 0.1000. The van der Waals surface area contributed by atoms with Crippen LogP contribution in [-0.4, -0.2) is 24.2 Å². The summed E-state index contributed by atoms with van der Waals surface area (Å²) in [6.45, 7) is 1.37. The Kier molecular flexibility index (Phi) is 2.88. The van der Waals surface area contributed by atoms with Crippen LogP contribution in [0.1, 0.15) is 10.4 Å². The van der Waals surface area contributed by atoms with Crippen molar-refractivity contribution in [3.63, 3.8) is 0 Å². The number of ether oxygens (including phenoxy) is 1. The molecule has 66 valence electrons. The van der Waals surface area contributed by atoms with Gasteiger partial charge < -0.3 is 15.0 Å². The van der Waals surface area contributed by atoms with Gasteiger partial charge in [-0.25, -0.2) is 0 Å². The molecule has 0 aromatic carbocycles. The molecule has 0 bridgehead atoms. The lowest BCUT2D eigenvalue weighted by Gasteiger charge is -1.99. The molecule has 0 aliphatic carbocycles. The fraction of sp³-hybridized carbons (Fsp3) is 0.375. The maximum atomic E-state index is 10.7.